The first-order valence-electron chi connectivity index (χ1n) is 6.00. The van der Waals surface area contributed by atoms with Crippen molar-refractivity contribution in [1.82, 2.24) is 4.98 Å². The van der Waals surface area contributed by atoms with Gasteiger partial charge in [-0.15, -0.1) is 0 Å². The minimum atomic E-state index is -4.35. The van der Waals surface area contributed by atoms with Crippen molar-refractivity contribution in [3.05, 3.63) is 59.3 Å². The first-order valence-corrected chi connectivity index (χ1v) is 6.00. The Hall–Kier alpha value is -2.08. The molecule has 1 heterocycles. The second-order valence-electron chi connectivity index (χ2n) is 4.49. The molecular formula is C14H14F3N3. The number of nitrogens with two attached hydrogens (primary N) is 2. The van der Waals surface area contributed by atoms with Gasteiger partial charge in [0.15, 0.2) is 0 Å². The molecule has 0 aliphatic carbocycles. The Morgan fingerprint density at radius 3 is 2.55 bits per heavy atom. The van der Waals surface area contributed by atoms with Crippen molar-refractivity contribution < 1.29 is 13.2 Å². The largest absolute Gasteiger partial charge is 0.416 e. The van der Waals surface area contributed by atoms with E-state index >= 15 is 0 Å². The number of hydrogen-bond acceptors (Lipinski definition) is 3. The molecule has 3 nitrogen and oxygen atoms in total. The first kappa shape index (κ1) is 14.3. The van der Waals surface area contributed by atoms with Gasteiger partial charge in [-0.2, -0.15) is 13.2 Å². The fourth-order valence-corrected chi connectivity index (χ4v) is 1.98. The Bertz CT molecular complexity index is 596. The molecular weight excluding hydrogens is 267 g/mol. The molecule has 2 rings (SSSR count). The Balaban J connectivity index is 2.20. The van der Waals surface area contributed by atoms with Crippen LogP contribution in [-0.2, 0) is 12.6 Å². The highest BCUT2D eigenvalue weighted by molar-refractivity contribution is 5.41. The maximum atomic E-state index is 12.6. The standard InChI is InChI=1S/C14H14F3N3/c15-14(16,17)10-4-1-3-9(7-10)8-12(18)11-5-2-6-20-13(11)19/h1-7,12H,8,18H2,(H2,19,20). The van der Waals surface area contributed by atoms with E-state index in [9.17, 15) is 13.2 Å². The van der Waals surface area contributed by atoms with Crippen LogP contribution in [0.4, 0.5) is 19.0 Å². The summed E-state index contributed by atoms with van der Waals surface area (Å²) in [6.07, 6.45) is -2.55. The van der Waals surface area contributed by atoms with Gasteiger partial charge in [0.1, 0.15) is 5.82 Å². The lowest BCUT2D eigenvalue weighted by molar-refractivity contribution is -0.137. The van der Waals surface area contributed by atoms with E-state index in [1.165, 1.54) is 12.3 Å². The van der Waals surface area contributed by atoms with E-state index in [-0.39, 0.29) is 6.42 Å². The third-order valence-electron chi connectivity index (χ3n) is 2.98. The van der Waals surface area contributed by atoms with Gasteiger partial charge in [0, 0.05) is 17.8 Å². The molecule has 6 heteroatoms. The lowest BCUT2D eigenvalue weighted by atomic mass is 9.99. The fourth-order valence-electron chi connectivity index (χ4n) is 1.98. The van der Waals surface area contributed by atoms with Crippen molar-refractivity contribution in [1.29, 1.82) is 0 Å². The van der Waals surface area contributed by atoms with Gasteiger partial charge in [0.25, 0.3) is 0 Å². The van der Waals surface area contributed by atoms with E-state index in [1.807, 2.05) is 0 Å². The maximum Gasteiger partial charge on any atom is 0.416 e. The minimum absolute atomic E-state index is 0.264. The molecule has 1 aromatic heterocycles. The molecule has 0 saturated heterocycles. The molecule has 0 amide bonds. The SMILES string of the molecule is Nc1ncccc1C(N)Cc1cccc(C(F)(F)F)c1. The van der Waals surface area contributed by atoms with Gasteiger partial charge >= 0.3 is 6.18 Å². The summed E-state index contributed by atoms with van der Waals surface area (Å²) in [7, 11) is 0. The van der Waals surface area contributed by atoms with E-state index in [0.717, 1.165) is 12.1 Å². The topological polar surface area (TPSA) is 64.9 Å². The molecule has 2 aromatic rings. The number of pyridine rings is 1. The van der Waals surface area contributed by atoms with Crippen LogP contribution in [0.1, 0.15) is 22.7 Å². The Labute approximate surface area is 114 Å². The highest BCUT2D eigenvalue weighted by Crippen LogP contribution is 2.30. The molecule has 1 unspecified atom stereocenters. The minimum Gasteiger partial charge on any atom is -0.383 e. The number of anilines is 1. The average Bonchev–Trinajstić information content (AvgIpc) is 2.38. The van der Waals surface area contributed by atoms with Crippen LogP contribution in [0.5, 0.6) is 0 Å². The number of aromatic nitrogens is 1. The van der Waals surface area contributed by atoms with Crippen molar-refractivity contribution >= 4 is 5.82 Å². The molecule has 0 bridgehead atoms. The van der Waals surface area contributed by atoms with Gasteiger partial charge in [0.2, 0.25) is 0 Å². The van der Waals surface area contributed by atoms with E-state index < -0.39 is 17.8 Å². The maximum absolute atomic E-state index is 12.6. The van der Waals surface area contributed by atoms with Gasteiger partial charge in [-0.3, -0.25) is 0 Å². The summed E-state index contributed by atoms with van der Waals surface area (Å²) in [6, 6.07) is 8.05. The van der Waals surface area contributed by atoms with Gasteiger partial charge < -0.3 is 11.5 Å². The number of alkyl halides is 3. The van der Waals surface area contributed by atoms with Crippen molar-refractivity contribution in [3.63, 3.8) is 0 Å². The second kappa shape index (κ2) is 5.50. The van der Waals surface area contributed by atoms with Crippen LogP contribution in [-0.4, -0.2) is 4.98 Å². The lowest BCUT2D eigenvalue weighted by Crippen LogP contribution is -2.16. The number of nitrogen functional groups attached to an aromatic ring is 1. The monoisotopic (exact) mass is 281 g/mol. The zero-order valence-electron chi connectivity index (χ0n) is 10.6. The molecule has 0 radical (unpaired) electrons. The van der Waals surface area contributed by atoms with Crippen LogP contribution in [0.15, 0.2) is 42.6 Å². The van der Waals surface area contributed by atoms with Crippen LogP contribution in [0.2, 0.25) is 0 Å². The summed E-state index contributed by atoms with van der Waals surface area (Å²) in [5.41, 5.74) is 12.1. The van der Waals surface area contributed by atoms with Crippen LogP contribution in [0, 0.1) is 0 Å². The molecule has 4 N–H and O–H groups in total. The number of benzene rings is 1. The molecule has 0 saturated carbocycles. The highest BCUT2D eigenvalue weighted by atomic mass is 19.4. The third-order valence-corrected chi connectivity index (χ3v) is 2.98. The third kappa shape index (κ3) is 3.27. The normalized spacial score (nSPS) is 13.2. The summed E-state index contributed by atoms with van der Waals surface area (Å²) < 4.78 is 37.9. The number of nitrogens with zero attached hydrogens (tertiary/aromatic N) is 1. The summed E-state index contributed by atoms with van der Waals surface area (Å²) in [6.45, 7) is 0. The van der Waals surface area contributed by atoms with Gasteiger partial charge in [-0.1, -0.05) is 24.3 Å². The summed E-state index contributed by atoms with van der Waals surface area (Å²) >= 11 is 0. The van der Waals surface area contributed by atoms with Gasteiger partial charge in [-0.05, 0) is 24.1 Å². The number of rotatable bonds is 3. The van der Waals surface area contributed by atoms with E-state index in [1.54, 1.807) is 18.2 Å². The predicted octanol–water partition coefficient (Wildman–Crippen LogP) is 2.93. The van der Waals surface area contributed by atoms with Crippen molar-refractivity contribution in [2.24, 2.45) is 5.73 Å². The molecule has 0 aliphatic heterocycles. The second-order valence-corrected chi connectivity index (χ2v) is 4.49. The smallest absolute Gasteiger partial charge is 0.383 e. The van der Waals surface area contributed by atoms with Crippen molar-refractivity contribution in [2.45, 2.75) is 18.6 Å². The van der Waals surface area contributed by atoms with Gasteiger partial charge in [0.05, 0.1) is 5.56 Å². The first-order chi connectivity index (χ1) is 9.38. The zero-order chi connectivity index (χ0) is 14.8. The summed E-state index contributed by atoms with van der Waals surface area (Å²) in [5, 5.41) is 0. The molecule has 20 heavy (non-hydrogen) atoms. The molecule has 106 valence electrons. The Kier molecular flexibility index (Phi) is 3.94. The van der Waals surface area contributed by atoms with E-state index in [4.69, 9.17) is 11.5 Å². The highest BCUT2D eigenvalue weighted by Gasteiger charge is 2.30. The summed E-state index contributed by atoms with van der Waals surface area (Å²) in [4.78, 5) is 3.92. The van der Waals surface area contributed by atoms with Crippen LogP contribution in [0.25, 0.3) is 0 Å². The number of hydrogen-bond donors (Lipinski definition) is 2. The van der Waals surface area contributed by atoms with Crippen molar-refractivity contribution in [3.8, 4) is 0 Å². The van der Waals surface area contributed by atoms with Crippen LogP contribution < -0.4 is 11.5 Å². The molecule has 1 atom stereocenters. The Morgan fingerprint density at radius 1 is 1.15 bits per heavy atom. The van der Waals surface area contributed by atoms with E-state index in [0.29, 0.717) is 16.9 Å². The zero-order valence-corrected chi connectivity index (χ0v) is 10.6. The van der Waals surface area contributed by atoms with Crippen molar-refractivity contribution in [2.75, 3.05) is 5.73 Å². The predicted molar refractivity (Wildman–Crippen MR) is 70.7 cm³/mol. The van der Waals surface area contributed by atoms with Gasteiger partial charge in [-0.25, -0.2) is 4.98 Å². The molecule has 0 aliphatic rings. The molecule has 0 fully saturated rings. The van der Waals surface area contributed by atoms with Crippen LogP contribution >= 0.6 is 0 Å². The molecule has 0 spiro atoms. The lowest BCUT2D eigenvalue weighted by Gasteiger charge is -2.15. The summed E-state index contributed by atoms with van der Waals surface area (Å²) in [5.74, 6) is 0.298. The van der Waals surface area contributed by atoms with E-state index in [2.05, 4.69) is 4.98 Å². The molecule has 1 aromatic carbocycles. The Morgan fingerprint density at radius 2 is 1.90 bits per heavy atom. The quantitative estimate of drug-likeness (QED) is 0.909. The average molecular weight is 281 g/mol. The number of halogens is 3. The van der Waals surface area contributed by atoms with Crippen LogP contribution in [0.3, 0.4) is 0 Å². The fraction of sp³-hybridized carbons (Fsp3) is 0.214.